The van der Waals surface area contributed by atoms with Crippen LogP contribution in [0.1, 0.15) is 18.4 Å². The van der Waals surface area contributed by atoms with E-state index in [0.717, 1.165) is 22.0 Å². The van der Waals surface area contributed by atoms with Gasteiger partial charge in [-0.1, -0.05) is 30.3 Å². The number of carbonyl (C=O) groups is 1. The molecule has 0 fully saturated rings. The number of rotatable bonds is 7. The molecule has 2 aromatic carbocycles. The van der Waals surface area contributed by atoms with Crippen molar-refractivity contribution in [2.75, 3.05) is 17.4 Å². The van der Waals surface area contributed by atoms with Crippen LogP contribution >= 0.6 is 0 Å². The summed E-state index contributed by atoms with van der Waals surface area (Å²) in [5.41, 5.74) is 1.59. The van der Waals surface area contributed by atoms with E-state index in [4.69, 9.17) is 0 Å². The molecule has 0 spiro atoms. The maximum Gasteiger partial charge on any atom is 0.265 e. The van der Waals surface area contributed by atoms with Crippen LogP contribution in [0, 0.1) is 0 Å². The Hall–Kier alpha value is -3.19. The molecule has 0 saturated heterocycles. The molecule has 1 aromatic heterocycles. The second kappa shape index (κ2) is 8.05. The molecule has 29 heavy (non-hydrogen) atoms. The van der Waals surface area contributed by atoms with Gasteiger partial charge in [0.15, 0.2) is 0 Å². The minimum Gasteiger partial charge on any atom is -0.353 e. The van der Waals surface area contributed by atoms with Crippen LogP contribution in [0.2, 0.25) is 0 Å². The van der Waals surface area contributed by atoms with Gasteiger partial charge in [-0.05, 0) is 48.1 Å². The number of pyridine rings is 1. The van der Waals surface area contributed by atoms with Crippen LogP contribution in [0.5, 0.6) is 0 Å². The number of nitrogens with one attached hydrogen (secondary N) is 1. The predicted molar refractivity (Wildman–Crippen MR) is 114 cm³/mol. The highest BCUT2D eigenvalue weighted by atomic mass is 32.2. The second-order valence-corrected chi connectivity index (χ2v) is 8.66. The monoisotopic (exact) mass is 407 g/mol. The maximum absolute atomic E-state index is 12.9. The maximum atomic E-state index is 12.9. The van der Waals surface area contributed by atoms with Crippen molar-refractivity contribution >= 4 is 38.5 Å². The number of hydrogen-bond acceptors (Lipinski definition) is 4. The van der Waals surface area contributed by atoms with E-state index in [9.17, 15) is 13.2 Å². The molecule has 0 unspecified atom stereocenters. The van der Waals surface area contributed by atoms with E-state index in [0.29, 0.717) is 30.8 Å². The molecule has 2 heterocycles. The summed E-state index contributed by atoms with van der Waals surface area (Å²) < 4.78 is 27.3. The molecule has 1 aliphatic rings. The number of benzene rings is 2. The molecule has 0 bridgehead atoms. The highest BCUT2D eigenvalue weighted by molar-refractivity contribution is 7.93. The lowest BCUT2D eigenvalue weighted by Crippen LogP contribution is -2.29. The molecule has 0 aliphatic carbocycles. The third-order valence-electron chi connectivity index (χ3n) is 4.88. The van der Waals surface area contributed by atoms with Gasteiger partial charge in [0.05, 0.1) is 10.6 Å². The summed E-state index contributed by atoms with van der Waals surface area (Å²) in [6.45, 7) is 0.874. The largest absolute Gasteiger partial charge is 0.353 e. The van der Waals surface area contributed by atoms with E-state index in [1.54, 1.807) is 30.6 Å². The SMILES string of the molecule is O=C(C=Cc1cccnc1)NCCCCN1c2cccc3cccc(c23)S1(=O)=O. The Balaban J connectivity index is 1.31. The van der Waals surface area contributed by atoms with E-state index < -0.39 is 10.0 Å². The Bertz CT molecular complexity index is 1170. The lowest BCUT2D eigenvalue weighted by Gasteiger charge is -2.18. The lowest BCUT2D eigenvalue weighted by atomic mass is 10.1. The molecule has 7 heteroatoms. The molecule has 0 radical (unpaired) electrons. The zero-order chi connectivity index (χ0) is 20.3. The fraction of sp³-hybridized carbons (Fsp3) is 0.182. The number of nitrogens with zero attached hydrogens (tertiary/aromatic N) is 2. The van der Waals surface area contributed by atoms with Gasteiger partial charge in [-0.15, -0.1) is 0 Å². The third kappa shape index (κ3) is 3.86. The molecule has 0 saturated carbocycles. The van der Waals surface area contributed by atoms with Crippen molar-refractivity contribution in [2.45, 2.75) is 17.7 Å². The minimum atomic E-state index is -3.51. The molecule has 3 aromatic rings. The Morgan fingerprint density at radius 1 is 1.07 bits per heavy atom. The molecular formula is C22H21N3O3S. The summed E-state index contributed by atoms with van der Waals surface area (Å²) in [6.07, 6.45) is 7.87. The van der Waals surface area contributed by atoms with Crippen LogP contribution < -0.4 is 9.62 Å². The van der Waals surface area contributed by atoms with Gasteiger partial charge in [-0.25, -0.2) is 8.42 Å². The molecular weight excluding hydrogens is 386 g/mol. The molecule has 1 N–H and O–H groups in total. The molecule has 1 amide bonds. The van der Waals surface area contributed by atoms with Crippen LogP contribution in [-0.2, 0) is 14.8 Å². The zero-order valence-electron chi connectivity index (χ0n) is 15.8. The normalized spacial score (nSPS) is 14.6. The van der Waals surface area contributed by atoms with Crippen molar-refractivity contribution in [1.82, 2.24) is 10.3 Å². The Morgan fingerprint density at radius 3 is 2.69 bits per heavy atom. The van der Waals surface area contributed by atoms with E-state index in [2.05, 4.69) is 10.3 Å². The molecule has 148 valence electrons. The average Bonchev–Trinajstić information content (AvgIpc) is 2.96. The summed E-state index contributed by atoms with van der Waals surface area (Å²) in [5, 5.41) is 4.55. The first-order valence-corrected chi connectivity index (χ1v) is 10.9. The molecule has 6 nitrogen and oxygen atoms in total. The van der Waals surface area contributed by atoms with Gasteiger partial charge in [-0.2, -0.15) is 0 Å². The van der Waals surface area contributed by atoms with Crippen molar-refractivity contribution in [1.29, 1.82) is 0 Å². The predicted octanol–water partition coefficient (Wildman–Crippen LogP) is 3.35. The van der Waals surface area contributed by atoms with Crippen LogP contribution in [-0.4, -0.2) is 32.4 Å². The van der Waals surface area contributed by atoms with Crippen molar-refractivity contribution < 1.29 is 13.2 Å². The van der Waals surface area contributed by atoms with E-state index in [-0.39, 0.29) is 5.91 Å². The summed E-state index contributed by atoms with van der Waals surface area (Å²) in [7, 11) is -3.51. The van der Waals surface area contributed by atoms with Crippen LogP contribution in [0.4, 0.5) is 5.69 Å². The second-order valence-electron chi connectivity index (χ2n) is 6.83. The summed E-state index contributed by atoms with van der Waals surface area (Å²) in [4.78, 5) is 16.3. The van der Waals surface area contributed by atoms with E-state index >= 15 is 0 Å². The van der Waals surface area contributed by atoms with Crippen LogP contribution in [0.15, 0.2) is 71.9 Å². The van der Waals surface area contributed by atoms with Gasteiger partial charge in [0.2, 0.25) is 5.91 Å². The summed E-state index contributed by atoms with van der Waals surface area (Å²) >= 11 is 0. The highest BCUT2D eigenvalue weighted by Gasteiger charge is 2.34. The fourth-order valence-electron chi connectivity index (χ4n) is 3.50. The number of sulfonamides is 1. The first-order valence-electron chi connectivity index (χ1n) is 9.48. The lowest BCUT2D eigenvalue weighted by molar-refractivity contribution is -0.116. The van der Waals surface area contributed by atoms with Gasteiger partial charge in [0, 0.05) is 36.9 Å². The van der Waals surface area contributed by atoms with Gasteiger partial charge >= 0.3 is 0 Å². The molecule has 4 rings (SSSR count). The van der Waals surface area contributed by atoms with Crippen LogP contribution in [0.3, 0.4) is 0 Å². The third-order valence-corrected chi connectivity index (χ3v) is 6.74. The zero-order valence-corrected chi connectivity index (χ0v) is 16.6. The number of carbonyl (C=O) groups excluding carboxylic acids is 1. The van der Waals surface area contributed by atoms with E-state index in [1.165, 1.54) is 10.4 Å². The first-order chi connectivity index (χ1) is 14.1. The summed E-state index contributed by atoms with van der Waals surface area (Å²) in [5.74, 6) is -0.181. The number of unbranched alkanes of at least 4 members (excludes halogenated alkanes) is 1. The highest BCUT2D eigenvalue weighted by Crippen LogP contribution is 2.41. The quantitative estimate of drug-likeness (QED) is 0.481. The Kier molecular flexibility index (Phi) is 5.31. The van der Waals surface area contributed by atoms with Gasteiger partial charge in [0.25, 0.3) is 10.0 Å². The van der Waals surface area contributed by atoms with Crippen molar-refractivity contribution in [3.8, 4) is 0 Å². The van der Waals surface area contributed by atoms with Gasteiger partial charge < -0.3 is 5.32 Å². The standard InChI is InChI=1S/C22H21N3O3S/c26-21(12-11-17-6-5-13-23-16-17)24-14-1-2-15-25-19-9-3-7-18-8-4-10-20(22(18)19)29(25,27)28/h3-13,16H,1-2,14-15H2,(H,24,26). The van der Waals surface area contributed by atoms with Crippen LogP contribution in [0.25, 0.3) is 16.8 Å². The Morgan fingerprint density at radius 2 is 1.90 bits per heavy atom. The average molecular weight is 407 g/mol. The number of hydrogen-bond donors (Lipinski definition) is 1. The van der Waals surface area contributed by atoms with Gasteiger partial charge in [0.1, 0.15) is 0 Å². The smallest absolute Gasteiger partial charge is 0.265 e. The first kappa shape index (κ1) is 19.1. The van der Waals surface area contributed by atoms with Crippen molar-refractivity contribution in [3.63, 3.8) is 0 Å². The number of amides is 1. The molecule has 1 aliphatic heterocycles. The van der Waals surface area contributed by atoms with Crippen molar-refractivity contribution in [2.24, 2.45) is 0 Å². The van der Waals surface area contributed by atoms with Gasteiger partial charge in [-0.3, -0.25) is 14.1 Å². The summed E-state index contributed by atoms with van der Waals surface area (Å²) in [6, 6.07) is 14.7. The molecule has 0 atom stereocenters. The topological polar surface area (TPSA) is 79.4 Å². The number of anilines is 1. The fourth-order valence-corrected chi connectivity index (χ4v) is 5.25. The van der Waals surface area contributed by atoms with E-state index in [1.807, 2.05) is 36.4 Å². The Labute approximate surface area is 169 Å². The van der Waals surface area contributed by atoms with Crippen molar-refractivity contribution in [3.05, 3.63) is 72.6 Å². The number of aromatic nitrogens is 1. The minimum absolute atomic E-state index is 0.181.